The molecule has 3 heterocycles. The van der Waals surface area contributed by atoms with E-state index in [-0.39, 0.29) is 6.04 Å². The molecular formula is C19H24N6. The molecule has 3 aromatic heterocycles. The third kappa shape index (κ3) is 3.08. The van der Waals surface area contributed by atoms with Gasteiger partial charge in [0.25, 0.3) is 0 Å². The van der Waals surface area contributed by atoms with Crippen LogP contribution in [-0.2, 0) is 7.05 Å². The van der Waals surface area contributed by atoms with Crippen molar-refractivity contribution in [2.75, 3.05) is 5.32 Å². The molecule has 1 atom stereocenters. The summed E-state index contributed by atoms with van der Waals surface area (Å²) >= 11 is 0. The maximum absolute atomic E-state index is 4.92. The molecule has 0 unspecified atom stereocenters. The summed E-state index contributed by atoms with van der Waals surface area (Å²) < 4.78 is 1.84. The highest BCUT2D eigenvalue weighted by atomic mass is 15.3. The zero-order chi connectivity index (χ0) is 17.2. The molecule has 0 radical (unpaired) electrons. The van der Waals surface area contributed by atoms with Crippen molar-refractivity contribution < 1.29 is 0 Å². The molecule has 0 aliphatic heterocycles. The lowest BCUT2D eigenvalue weighted by molar-refractivity contribution is 0.664. The number of anilines is 1. The van der Waals surface area contributed by atoms with Crippen LogP contribution >= 0.6 is 0 Å². The van der Waals surface area contributed by atoms with Gasteiger partial charge in [0.05, 0.1) is 17.6 Å². The van der Waals surface area contributed by atoms with Crippen molar-refractivity contribution in [3.63, 3.8) is 0 Å². The van der Waals surface area contributed by atoms with Gasteiger partial charge in [-0.25, -0.2) is 9.97 Å². The Balaban J connectivity index is 1.74. The van der Waals surface area contributed by atoms with Crippen LogP contribution in [0.4, 0.5) is 5.82 Å². The number of nitrogens with one attached hydrogen (secondary N) is 1. The molecule has 1 aliphatic carbocycles. The van der Waals surface area contributed by atoms with Crippen LogP contribution < -0.4 is 5.32 Å². The SMILES string of the molecule is CC[C@H](Nc1nc(C2CCCC2)nc2c1cnn2C)c1ccncc1. The Bertz CT molecular complexity index is 851. The summed E-state index contributed by atoms with van der Waals surface area (Å²) in [4.78, 5) is 13.9. The maximum Gasteiger partial charge on any atom is 0.163 e. The zero-order valence-corrected chi connectivity index (χ0v) is 14.8. The van der Waals surface area contributed by atoms with E-state index >= 15 is 0 Å². The van der Waals surface area contributed by atoms with E-state index < -0.39 is 0 Å². The number of aryl methyl sites for hydroxylation is 1. The maximum atomic E-state index is 4.92. The highest BCUT2D eigenvalue weighted by Gasteiger charge is 2.23. The Morgan fingerprint density at radius 2 is 1.96 bits per heavy atom. The second-order valence-electron chi connectivity index (χ2n) is 6.80. The number of nitrogens with zero attached hydrogens (tertiary/aromatic N) is 5. The lowest BCUT2D eigenvalue weighted by Crippen LogP contribution is -2.13. The first-order valence-corrected chi connectivity index (χ1v) is 9.12. The lowest BCUT2D eigenvalue weighted by atomic mass is 10.1. The Morgan fingerprint density at radius 3 is 2.68 bits per heavy atom. The van der Waals surface area contributed by atoms with Crippen molar-refractivity contribution in [2.24, 2.45) is 7.05 Å². The summed E-state index contributed by atoms with van der Waals surface area (Å²) in [5.74, 6) is 2.32. The topological polar surface area (TPSA) is 68.5 Å². The smallest absolute Gasteiger partial charge is 0.163 e. The average molecular weight is 336 g/mol. The van der Waals surface area contributed by atoms with E-state index in [1.54, 1.807) is 0 Å². The quantitative estimate of drug-likeness (QED) is 0.763. The minimum Gasteiger partial charge on any atom is -0.363 e. The fraction of sp³-hybridized carbons (Fsp3) is 0.474. The van der Waals surface area contributed by atoms with Crippen molar-refractivity contribution in [1.82, 2.24) is 24.7 Å². The number of hydrogen-bond acceptors (Lipinski definition) is 5. The van der Waals surface area contributed by atoms with Crippen molar-refractivity contribution in [3.8, 4) is 0 Å². The second-order valence-corrected chi connectivity index (χ2v) is 6.80. The molecule has 4 rings (SSSR count). The van der Waals surface area contributed by atoms with Gasteiger partial charge in [0.1, 0.15) is 11.6 Å². The van der Waals surface area contributed by atoms with Gasteiger partial charge in [-0.3, -0.25) is 9.67 Å². The molecule has 0 amide bonds. The zero-order valence-electron chi connectivity index (χ0n) is 14.8. The average Bonchev–Trinajstić information content (AvgIpc) is 3.31. The van der Waals surface area contributed by atoms with Crippen LogP contribution in [0.3, 0.4) is 0 Å². The summed E-state index contributed by atoms with van der Waals surface area (Å²) in [6, 6.07) is 4.30. The summed E-state index contributed by atoms with van der Waals surface area (Å²) in [6.07, 6.45) is 11.4. The molecule has 1 fully saturated rings. The molecule has 0 aromatic carbocycles. The Morgan fingerprint density at radius 1 is 1.20 bits per heavy atom. The van der Waals surface area contributed by atoms with E-state index in [4.69, 9.17) is 9.97 Å². The van der Waals surface area contributed by atoms with Crippen LogP contribution in [0.25, 0.3) is 11.0 Å². The van der Waals surface area contributed by atoms with E-state index in [0.29, 0.717) is 5.92 Å². The summed E-state index contributed by atoms with van der Waals surface area (Å²) in [6.45, 7) is 2.18. The lowest BCUT2D eigenvalue weighted by Gasteiger charge is -2.19. The molecule has 0 spiro atoms. The van der Waals surface area contributed by atoms with E-state index in [9.17, 15) is 0 Å². The van der Waals surface area contributed by atoms with Crippen molar-refractivity contribution >= 4 is 16.9 Å². The molecule has 0 bridgehead atoms. The highest BCUT2D eigenvalue weighted by Crippen LogP contribution is 2.34. The van der Waals surface area contributed by atoms with Crippen molar-refractivity contribution in [3.05, 3.63) is 42.1 Å². The molecule has 6 heteroatoms. The summed E-state index contributed by atoms with van der Waals surface area (Å²) in [5, 5.41) is 9.01. The predicted octanol–water partition coefficient (Wildman–Crippen LogP) is 3.98. The number of aromatic nitrogens is 5. The van der Waals surface area contributed by atoms with Crippen LogP contribution in [0.1, 0.15) is 62.4 Å². The van der Waals surface area contributed by atoms with Gasteiger partial charge in [-0.1, -0.05) is 19.8 Å². The molecule has 1 aliphatic rings. The van der Waals surface area contributed by atoms with E-state index in [0.717, 1.165) is 29.1 Å². The Labute approximate surface area is 147 Å². The third-order valence-corrected chi connectivity index (χ3v) is 5.16. The van der Waals surface area contributed by atoms with Crippen LogP contribution in [0.15, 0.2) is 30.7 Å². The third-order valence-electron chi connectivity index (χ3n) is 5.16. The largest absolute Gasteiger partial charge is 0.363 e. The molecule has 3 aromatic rings. The van der Waals surface area contributed by atoms with Gasteiger partial charge in [0.15, 0.2) is 5.65 Å². The molecule has 1 N–H and O–H groups in total. The van der Waals surface area contributed by atoms with Crippen LogP contribution in [0.5, 0.6) is 0 Å². The van der Waals surface area contributed by atoms with E-state index in [2.05, 4.69) is 34.5 Å². The van der Waals surface area contributed by atoms with Gasteiger partial charge < -0.3 is 5.32 Å². The second kappa shape index (κ2) is 6.78. The Kier molecular flexibility index (Phi) is 4.34. The fourth-order valence-corrected chi connectivity index (χ4v) is 3.70. The highest BCUT2D eigenvalue weighted by molar-refractivity contribution is 5.86. The van der Waals surface area contributed by atoms with Gasteiger partial charge in [0, 0.05) is 25.4 Å². The minimum absolute atomic E-state index is 0.192. The van der Waals surface area contributed by atoms with Gasteiger partial charge in [-0.05, 0) is 37.0 Å². The number of pyridine rings is 1. The standard InChI is InChI=1S/C19H24N6/c1-3-16(13-8-10-20-11-9-13)22-18-15-12-21-25(2)19(15)24-17(23-18)14-6-4-5-7-14/h8-12,14,16H,3-7H2,1-2H3,(H,22,23,24)/t16-/m0/s1. The molecular weight excluding hydrogens is 312 g/mol. The van der Waals surface area contributed by atoms with Crippen LogP contribution in [0.2, 0.25) is 0 Å². The van der Waals surface area contributed by atoms with Gasteiger partial charge in [-0.15, -0.1) is 0 Å². The normalized spacial score (nSPS) is 16.4. The summed E-state index contributed by atoms with van der Waals surface area (Å²) in [5.41, 5.74) is 2.12. The number of hydrogen-bond donors (Lipinski definition) is 1. The van der Waals surface area contributed by atoms with Gasteiger partial charge >= 0.3 is 0 Å². The molecule has 6 nitrogen and oxygen atoms in total. The minimum atomic E-state index is 0.192. The van der Waals surface area contributed by atoms with Crippen LogP contribution in [0, 0.1) is 0 Å². The van der Waals surface area contributed by atoms with Gasteiger partial charge in [-0.2, -0.15) is 5.10 Å². The molecule has 0 saturated heterocycles. The van der Waals surface area contributed by atoms with Crippen molar-refractivity contribution in [2.45, 2.75) is 51.0 Å². The van der Waals surface area contributed by atoms with E-state index in [1.165, 1.54) is 31.2 Å². The number of rotatable bonds is 5. The first kappa shape index (κ1) is 16.0. The first-order chi connectivity index (χ1) is 12.3. The van der Waals surface area contributed by atoms with Crippen LogP contribution in [-0.4, -0.2) is 24.7 Å². The van der Waals surface area contributed by atoms with Gasteiger partial charge in [0.2, 0.25) is 0 Å². The summed E-state index contributed by atoms with van der Waals surface area (Å²) in [7, 11) is 1.94. The fourth-order valence-electron chi connectivity index (χ4n) is 3.70. The van der Waals surface area contributed by atoms with Crippen molar-refractivity contribution in [1.29, 1.82) is 0 Å². The molecule has 25 heavy (non-hydrogen) atoms. The monoisotopic (exact) mass is 336 g/mol. The molecule has 130 valence electrons. The molecule has 1 saturated carbocycles. The Hall–Kier alpha value is -2.50. The number of fused-ring (bicyclic) bond motifs is 1. The first-order valence-electron chi connectivity index (χ1n) is 9.12. The predicted molar refractivity (Wildman–Crippen MR) is 98.4 cm³/mol. The van der Waals surface area contributed by atoms with E-state index in [1.807, 2.05) is 30.3 Å².